The first-order valence-corrected chi connectivity index (χ1v) is 3.41. The van der Waals surface area contributed by atoms with Gasteiger partial charge in [0.25, 0.3) is 0 Å². The standard InChI is InChI=1S/C8H12N2O2/c1-5-8(3,4)9-7(10-12)6(2)11/h1,12H,2-4H3,(H,9,10). The van der Waals surface area contributed by atoms with Gasteiger partial charge in [-0.05, 0) is 13.8 Å². The van der Waals surface area contributed by atoms with Gasteiger partial charge in [-0.25, -0.2) is 10.5 Å². The molecule has 0 aromatic heterocycles. The lowest BCUT2D eigenvalue weighted by atomic mass is 10.1. The molecule has 0 saturated carbocycles. The summed E-state index contributed by atoms with van der Waals surface area (Å²) < 4.78 is 0. The fourth-order valence-electron chi connectivity index (χ4n) is 0.494. The maximum absolute atomic E-state index is 10.7. The molecule has 12 heavy (non-hydrogen) atoms. The lowest BCUT2D eigenvalue weighted by Gasteiger charge is -2.12. The van der Waals surface area contributed by atoms with Gasteiger partial charge in [0, 0.05) is 6.92 Å². The summed E-state index contributed by atoms with van der Waals surface area (Å²) in [4.78, 5) is 14.6. The van der Waals surface area contributed by atoms with Crippen LogP contribution in [0.3, 0.4) is 0 Å². The van der Waals surface area contributed by atoms with E-state index in [9.17, 15) is 4.79 Å². The molecule has 0 aliphatic rings. The fraction of sp³-hybridized carbons (Fsp3) is 0.500. The van der Waals surface area contributed by atoms with Gasteiger partial charge in [-0.1, -0.05) is 5.92 Å². The van der Waals surface area contributed by atoms with Gasteiger partial charge in [0.1, 0.15) is 5.54 Å². The monoisotopic (exact) mass is 168 g/mol. The van der Waals surface area contributed by atoms with Crippen molar-refractivity contribution >= 4 is 11.6 Å². The Balaban J connectivity index is 4.74. The van der Waals surface area contributed by atoms with Crippen LogP contribution in [-0.4, -0.2) is 22.4 Å². The van der Waals surface area contributed by atoms with Crippen LogP contribution in [-0.2, 0) is 4.79 Å². The van der Waals surface area contributed by atoms with Crippen molar-refractivity contribution in [1.29, 1.82) is 0 Å². The number of nitrogens with one attached hydrogen (secondary N) is 1. The van der Waals surface area contributed by atoms with Crippen molar-refractivity contribution in [1.82, 2.24) is 5.48 Å². The van der Waals surface area contributed by atoms with Gasteiger partial charge >= 0.3 is 0 Å². The molecule has 0 fully saturated rings. The molecule has 0 amide bonds. The molecule has 0 saturated heterocycles. The summed E-state index contributed by atoms with van der Waals surface area (Å²) in [5.41, 5.74) is 0.916. The molecular formula is C8H12N2O2. The van der Waals surface area contributed by atoms with E-state index in [-0.39, 0.29) is 11.6 Å². The van der Waals surface area contributed by atoms with Crippen LogP contribution in [0.15, 0.2) is 4.99 Å². The molecule has 0 aromatic rings. The summed E-state index contributed by atoms with van der Waals surface area (Å²) in [6.07, 6.45) is 5.13. The van der Waals surface area contributed by atoms with Crippen molar-refractivity contribution in [2.24, 2.45) is 4.99 Å². The highest BCUT2D eigenvalue weighted by molar-refractivity contribution is 6.37. The maximum atomic E-state index is 10.7. The van der Waals surface area contributed by atoms with E-state index >= 15 is 0 Å². The molecule has 0 radical (unpaired) electrons. The number of rotatable bonds is 2. The fourth-order valence-corrected chi connectivity index (χ4v) is 0.494. The Bertz CT molecular complexity index is 248. The molecule has 4 nitrogen and oxygen atoms in total. The summed E-state index contributed by atoms with van der Waals surface area (Å²) in [5.74, 6) is 1.88. The minimum Gasteiger partial charge on any atom is -0.291 e. The van der Waals surface area contributed by atoms with E-state index in [2.05, 4.69) is 10.9 Å². The maximum Gasteiger partial charge on any atom is 0.196 e. The van der Waals surface area contributed by atoms with Crippen LogP contribution in [0.5, 0.6) is 0 Å². The first-order chi connectivity index (χ1) is 5.43. The van der Waals surface area contributed by atoms with E-state index in [1.54, 1.807) is 19.3 Å². The molecule has 0 aliphatic heterocycles. The Morgan fingerprint density at radius 2 is 2.17 bits per heavy atom. The van der Waals surface area contributed by atoms with Crippen molar-refractivity contribution < 1.29 is 10.0 Å². The van der Waals surface area contributed by atoms with E-state index in [0.29, 0.717) is 0 Å². The van der Waals surface area contributed by atoms with Crippen molar-refractivity contribution in [2.75, 3.05) is 0 Å². The Hall–Kier alpha value is -1.34. The average molecular weight is 168 g/mol. The number of Topliss-reactive ketones (excluding diaryl/α,β-unsaturated/α-hetero) is 1. The van der Waals surface area contributed by atoms with Crippen LogP contribution in [0, 0.1) is 12.3 Å². The van der Waals surface area contributed by atoms with Gasteiger partial charge < -0.3 is 0 Å². The van der Waals surface area contributed by atoms with Crippen LogP contribution in [0.4, 0.5) is 0 Å². The molecule has 2 N–H and O–H groups in total. The van der Waals surface area contributed by atoms with E-state index in [0.717, 1.165) is 0 Å². The Morgan fingerprint density at radius 3 is 2.42 bits per heavy atom. The van der Waals surface area contributed by atoms with Gasteiger partial charge in [-0.2, -0.15) is 0 Å². The summed E-state index contributed by atoms with van der Waals surface area (Å²) in [7, 11) is 0. The quantitative estimate of drug-likeness (QED) is 0.271. The number of ketones is 1. The zero-order chi connectivity index (χ0) is 9.78. The van der Waals surface area contributed by atoms with Gasteiger partial charge in [-0.15, -0.1) is 6.42 Å². The summed E-state index contributed by atoms with van der Waals surface area (Å²) in [6, 6.07) is 0. The van der Waals surface area contributed by atoms with E-state index in [1.807, 2.05) is 0 Å². The second-order valence-electron chi connectivity index (χ2n) is 2.83. The summed E-state index contributed by atoms with van der Waals surface area (Å²) >= 11 is 0. The number of hydrogen-bond acceptors (Lipinski definition) is 3. The lowest BCUT2D eigenvalue weighted by molar-refractivity contribution is -0.111. The van der Waals surface area contributed by atoms with Gasteiger partial charge in [0.2, 0.25) is 0 Å². The number of carbonyl (C=O) groups is 1. The van der Waals surface area contributed by atoms with Crippen molar-refractivity contribution in [3.8, 4) is 12.3 Å². The van der Waals surface area contributed by atoms with Gasteiger partial charge in [0.15, 0.2) is 11.6 Å². The second-order valence-corrected chi connectivity index (χ2v) is 2.83. The van der Waals surface area contributed by atoms with Crippen LogP contribution in [0.2, 0.25) is 0 Å². The number of hydrogen-bond donors (Lipinski definition) is 2. The molecule has 0 rings (SSSR count). The molecule has 0 bridgehead atoms. The number of nitrogens with zero attached hydrogens (tertiary/aromatic N) is 1. The largest absolute Gasteiger partial charge is 0.291 e. The highest BCUT2D eigenvalue weighted by Crippen LogP contribution is 2.06. The Morgan fingerprint density at radius 1 is 1.67 bits per heavy atom. The van der Waals surface area contributed by atoms with Crippen LogP contribution < -0.4 is 5.48 Å². The third-order valence-electron chi connectivity index (χ3n) is 1.18. The van der Waals surface area contributed by atoms with Gasteiger partial charge in [-0.3, -0.25) is 10.0 Å². The number of carbonyl (C=O) groups excluding carboxylic acids is 1. The van der Waals surface area contributed by atoms with Crippen molar-refractivity contribution in [2.45, 2.75) is 26.3 Å². The van der Waals surface area contributed by atoms with Crippen molar-refractivity contribution in [3.05, 3.63) is 0 Å². The molecule has 0 atom stereocenters. The molecule has 0 heterocycles. The molecule has 0 aromatic carbocycles. The summed E-state index contributed by atoms with van der Waals surface area (Å²) in [5, 5.41) is 8.49. The Kier molecular flexibility index (Phi) is 3.45. The lowest BCUT2D eigenvalue weighted by Crippen LogP contribution is -2.30. The molecule has 0 spiro atoms. The SMILES string of the molecule is C#CC(C)(C)N=C(NO)C(C)=O. The zero-order valence-corrected chi connectivity index (χ0v) is 7.38. The topological polar surface area (TPSA) is 61.7 Å². The molecule has 0 unspecified atom stereocenters. The second kappa shape index (κ2) is 3.88. The number of amidine groups is 1. The van der Waals surface area contributed by atoms with E-state index in [1.165, 1.54) is 6.92 Å². The normalized spacial score (nSPS) is 12.1. The number of hydroxylamine groups is 1. The molecular weight excluding hydrogens is 156 g/mol. The average Bonchev–Trinajstić information content (AvgIpc) is 2.00. The predicted molar refractivity (Wildman–Crippen MR) is 46.0 cm³/mol. The zero-order valence-electron chi connectivity index (χ0n) is 7.38. The summed E-state index contributed by atoms with van der Waals surface area (Å²) in [6.45, 7) is 4.61. The number of terminal acetylenes is 1. The minimum atomic E-state index is -0.781. The first-order valence-electron chi connectivity index (χ1n) is 3.41. The number of aliphatic imine (C=N–C) groups is 1. The van der Waals surface area contributed by atoms with Crippen LogP contribution in [0.25, 0.3) is 0 Å². The Labute approximate surface area is 71.6 Å². The van der Waals surface area contributed by atoms with Gasteiger partial charge in [0.05, 0.1) is 0 Å². The van der Waals surface area contributed by atoms with Crippen molar-refractivity contribution in [3.63, 3.8) is 0 Å². The highest BCUT2D eigenvalue weighted by atomic mass is 16.5. The molecule has 4 heteroatoms. The smallest absolute Gasteiger partial charge is 0.196 e. The van der Waals surface area contributed by atoms with Crippen LogP contribution in [0.1, 0.15) is 20.8 Å². The predicted octanol–water partition coefficient (Wildman–Crippen LogP) is 0.365. The van der Waals surface area contributed by atoms with E-state index in [4.69, 9.17) is 11.6 Å². The minimum absolute atomic E-state index is 0.127. The van der Waals surface area contributed by atoms with Crippen LogP contribution >= 0.6 is 0 Å². The molecule has 66 valence electrons. The first kappa shape index (κ1) is 10.7. The third kappa shape index (κ3) is 3.17. The van der Waals surface area contributed by atoms with E-state index < -0.39 is 5.54 Å². The highest BCUT2D eigenvalue weighted by Gasteiger charge is 2.15. The third-order valence-corrected chi connectivity index (χ3v) is 1.18. The molecule has 0 aliphatic carbocycles.